The summed E-state index contributed by atoms with van der Waals surface area (Å²) in [7, 11) is 1.73. The van der Waals surface area contributed by atoms with Crippen LogP contribution in [0.15, 0.2) is 48.5 Å². The van der Waals surface area contributed by atoms with E-state index in [9.17, 15) is 22.8 Å². The van der Waals surface area contributed by atoms with Crippen LogP contribution in [0.3, 0.4) is 0 Å². The first-order valence-corrected chi connectivity index (χ1v) is 11.0. The van der Waals surface area contributed by atoms with Crippen LogP contribution in [0.4, 0.5) is 18.0 Å². The Morgan fingerprint density at radius 3 is 2.00 bits per heavy atom. The molecule has 2 aliphatic rings. The Morgan fingerprint density at radius 1 is 0.909 bits per heavy atom. The van der Waals surface area contributed by atoms with Crippen molar-refractivity contribution in [2.45, 2.75) is 31.1 Å². The molecule has 2 fully saturated rings. The van der Waals surface area contributed by atoms with Crippen LogP contribution in [0, 0.1) is 0 Å². The van der Waals surface area contributed by atoms with Gasteiger partial charge in [-0.2, -0.15) is 13.2 Å². The summed E-state index contributed by atoms with van der Waals surface area (Å²) >= 11 is 0. The van der Waals surface area contributed by atoms with E-state index < -0.39 is 11.7 Å². The summed E-state index contributed by atoms with van der Waals surface area (Å²) in [5.41, 5.74) is 7.06. The first kappa shape index (κ1) is 23.1. The second-order valence-electron chi connectivity index (χ2n) is 8.73. The van der Waals surface area contributed by atoms with Gasteiger partial charge >= 0.3 is 12.2 Å². The second kappa shape index (κ2) is 9.05. The van der Waals surface area contributed by atoms with Crippen LogP contribution < -0.4 is 5.73 Å². The van der Waals surface area contributed by atoms with Crippen LogP contribution >= 0.6 is 0 Å². The summed E-state index contributed by atoms with van der Waals surface area (Å²) in [4.78, 5) is 30.9. The fourth-order valence-electron chi connectivity index (χ4n) is 4.42. The molecule has 0 aliphatic carbocycles. The molecule has 2 aromatic carbocycles. The lowest BCUT2D eigenvalue weighted by molar-refractivity contribution is -0.137. The van der Waals surface area contributed by atoms with Gasteiger partial charge in [-0.15, -0.1) is 0 Å². The van der Waals surface area contributed by atoms with Crippen molar-refractivity contribution in [2.24, 2.45) is 5.73 Å². The molecule has 2 heterocycles. The molecule has 4 rings (SSSR count). The number of urea groups is 1. The summed E-state index contributed by atoms with van der Waals surface area (Å²) < 4.78 is 38.3. The minimum absolute atomic E-state index is 0.0211. The van der Waals surface area contributed by atoms with Crippen molar-refractivity contribution in [1.82, 2.24) is 14.7 Å². The molecule has 0 saturated carbocycles. The van der Waals surface area contributed by atoms with Gasteiger partial charge in [-0.05, 0) is 48.2 Å². The van der Waals surface area contributed by atoms with Crippen molar-refractivity contribution in [3.63, 3.8) is 0 Å². The number of nitrogens with zero attached hydrogens (tertiary/aromatic N) is 3. The van der Waals surface area contributed by atoms with Gasteiger partial charge in [-0.25, -0.2) is 4.79 Å². The summed E-state index contributed by atoms with van der Waals surface area (Å²) in [5.74, 6) is -0.156. The molecule has 3 amide bonds. The monoisotopic (exact) mass is 460 g/mol. The summed E-state index contributed by atoms with van der Waals surface area (Å²) in [5, 5.41) is 0. The standard InChI is InChI=1S/C24H27F3N4O2/c1-29(21-11-13-31(15-21)23(33)30-12-10-20(28)14-30)22(32)18-4-2-16(3-5-18)17-6-8-19(9-7-17)24(25,26)27/h2-9,20-21H,10-15,28H2,1H3. The topological polar surface area (TPSA) is 69.9 Å². The Hall–Kier alpha value is -3.07. The minimum atomic E-state index is -4.37. The van der Waals surface area contributed by atoms with Gasteiger partial charge in [-0.3, -0.25) is 4.79 Å². The zero-order chi connectivity index (χ0) is 23.8. The quantitative estimate of drug-likeness (QED) is 0.760. The molecule has 2 atom stereocenters. The van der Waals surface area contributed by atoms with Crippen LogP contribution in [-0.4, -0.2) is 71.9 Å². The SMILES string of the molecule is CN(C(=O)c1ccc(-c2ccc(C(F)(F)F)cc2)cc1)C1CCN(C(=O)N2CCC(N)C2)C1. The lowest BCUT2D eigenvalue weighted by atomic mass is 10.0. The van der Waals surface area contributed by atoms with Gasteiger partial charge in [0.1, 0.15) is 0 Å². The first-order valence-electron chi connectivity index (χ1n) is 11.0. The minimum Gasteiger partial charge on any atom is -0.337 e. The van der Waals surface area contributed by atoms with Gasteiger partial charge in [-0.1, -0.05) is 24.3 Å². The molecule has 2 N–H and O–H groups in total. The maximum Gasteiger partial charge on any atom is 0.416 e. The normalized spacial score (nSPS) is 20.9. The fraction of sp³-hybridized carbons (Fsp3) is 0.417. The van der Waals surface area contributed by atoms with Crippen LogP contribution in [0.25, 0.3) is 11.1 Å². The van der Waals surface area contributed by atoms with E-state index in [-0.39, 0.29) is 24.0 Å². The average molecular weight is 461 g/mol. The molecule has 33 heavy (non-hydrogen) atoms. The number of benzene rings is 2. The van der Waals surface area contributed by atoms with Gasteiger partial charge in [0, 0.05) is 44.8 Å². The first-order chi connectivity index (χ1) is 15.6. The lowest BCUT2D eigenvalue weighted by Crippen LogP contribution is -2.44. The molecule has 2 aromatic rings. The van der Waals surface area contributed by atoms with Gasteiger partial charge in [0.05, 0.1) is 11.6 Å². The Labute approximate surface area is 190 Å². The molecule has 9 heteroatoms. The predicted octanol–water partition coefficient (Wildman–Crippen LogP) is 3.67. The number of hydrogen-bond acceptors (Lipinski definition) is 3. The Morgan fingerprint density at radius 2 is 1.45 bits per heavy atom. The molecule has 2 unspecified atom stereocenters. The summed E-state index contributed by atoms with van der Waals surface area (Å²) in [6.45, 7) is 2.32. The molecule has 2 aliphatic heterocycles. The molecule has 0 bridgehead atoms. The number of likely N-dealkylation sites (N-methyl/N-ethyl adjacent to an activating group) is 1. The third-order valence-electron chi connectivity index (χ3n) is 6.47. The number of halogens is 3. The average Bonchev–Trinajstić information content (AvgIpc) is 3.47. The van der Waals surface area contributed by atoms with E-state index in [0.29, 0.717) is 43.7 Å². The number of alkyl halides is 3. The number of hydrogen-bond donors (Lipinski definition) is 1. The highest BCUT2D eigenvalue weighted by Gasteiger charge is 2.35. The molecular weight excluding hydrogens is 433 g/mol. The van der Waals surface area contributed by atoms with E-state index in [0.717, 1.165) is 24.1 Å². The summed E-state index contributed by atoms with van der Waals surface area (Å²) in [6, 6.07) is 11.7. The molecule has 0 spiro atoms. The second-order valence-corrected chi connectivity index (χ2v) is 8.73. The van der Waals surface area contributed by atoms with Gasteiger partial charge < -0.3 is 20.4 Å². The van der Waals surface area contributed by atoms with Crippen LogP contribution in [-0.2, 0) is 6.18 Å². The van der Waals surface area contributed by atoms with E-state index in [1.165, 1.54) is 12.1 Å². The van der Waals surface area contributed by atoms with Crippen LogP contribution in [0.2, 0.25) is 0 Å². The smallest absolute Gasteiger partial charge is 0.337 e. The van der Waals surface area contributed by atoms with E-state index in [4.69, 9.17) is 5.73 Å². The fourth-order valence-corrected chi connectivity index (χ4v) is 4.42. The molecule has 0 radical (unpaired) electrons. The number of rotatable bonds is 3. The number of carbonyl (C=O) groups is 2. The van der Waals surface area contributed by atoms with Crippen molar-refractivity contribution in [3.8, 4) is 11.1 Å². The van der Waals surface area contributed by atoms with Gasteiger partial charge in [0.15, 0.2) is 0 Å². The number of carbonyl (C=O) groups excluding carboxylic acids is 2. The predicted molar refractivity (Wildman–Crippen MR) is 119 cm³/mol. The lowest BCUT2D eigenvalue weighted by Gasteiger charge is -2.27. The maximum absolute atomic E-state index is 13.0. The molecule has 2 saturated heterocycles. The maximum atomic E-state index is 13.0. The molecule has 0 aromatic heterocycles. The number of likely N-dealkylation sites (tertiary alicyclic amines) is 2. The molecule has 6 nitrogen and oxygen atoms in total. The van der Waals surface area contributed by atoms with Crippen molar-refractivity contribution in [1.29, 1.82) is 0 Å². The van der Waals surface area contributed by atoms with Crippen LogP contribution in [0.5, 0.6) is 0 Å². The molecular formula is C24H27F3N4O2. The van der Waals surface area contributed by atoms with E-state index >= 15 is 0 Å². The van der Waals surface area contributed by atoms with Crippen molar-refractivity contribution >= 4 is 11.9 Å². The molecule has 176 valence electrons. The van der Waals surface area contributed by atoms with Crippen LogP contribution in [0.1, 0.15) is 28.8 Å². The van der Waals surface area contributed by atoms with E-state index in [2.05, 4.69) is 0 Å². The van der Waals surface area contributed by atoms with Gasteiger partial charge in [0.25, 0.3) is 5.91 Å². The Bertz CT molecular complexity index is 1010. The number of nitrogens with two attached hydrogens (primary N) is 1. The third kappa shape index (κ3) is 4.98. The third-order valence-corrected chi connectivity index (χ3v) is 6.47. The Balaban J connectivity index is 1.37. The zero-order valence-electron chi connectivity index (χ0n) is 18.4. The number of amides is 3. The largest absolute Gasteiger partial charge is 0.416 e. The highest BCUT2D eigenvalue weighted by atomic mass is 19.4. The highest BCUT2D eigenvalue weighted by Crippen LogP contribution is 2.31. The zero-order valence-corrected chi connectivity index (χ0v) is 18.4. The van der Waals surface area contributed by atoms with Gasteiger partial charge in [0.2, 0.25) is 0 Å². The van der Waals surface area contributed by atoms with Crippen molar-refractivity contribution in [3.05, 3.63) is 59.7 Å². The van der Waals surface area contributed by atoms with Crippen molar-refractivity contribution in [2.75, 3.05) is 33.2 Å². The highest BCUT2D eigenvalue weighted by molar-refractivity contribution is 5.95. The van der Waals surface area contributed by atoms with E-state index in [1.807, 2.05) is 0 Å². The Kier molecular flexibility index (Phi) is 6.34. The van der Waals surface area contributed by atoms with Crippen molar-refractivity contribution < 1.29 is 22.8 Å². The summed E-state index contributed by atoms with van der Waals surface area (Å²) in [6.07, 6.45) is -2.86. The van der Waals surface area contributed by atoms with E-state index in [1.54, 1.807) is 46.0 Å².